The van der Waals surface area contributed by atoms with Gasteiger partial charge in [-0.2, -0.15) is 0 Å². The molecule has 1 aromatic heterocycles. The molecule has 0 fully saturated rings. The number of ether oxygens (including phenoxy) is 1. The molecule has 2 rings (SSSR count). The molecule has 0 spiro atoms. The number of unbranched alkanes of at least 4 members (excludes halogenated alkanes) is 3. The summed E-state index contributed by atoms with van der Waals surface area (Å²) in [7, 11) is 0. The zero-order chi connectivity index (χ0) is 17.4. The van der Waals surface area contributed by atoms with E-state index >= 15 is 0 Å². The first kappa shape index (κ1) is 18.4. The summed E-state index contributed by atoms with van der Waals surface area (Å²) in [5.74, 6) is 2.01. The van der Waals surface area contributed by atoms with Crippen LogP contribution in [0.2, 0.25) is 0 Å². The number of nitrogens with zero attached hydrogens (tertiary/aromatic N) is 1. The predicted octanol–water partition coefficient (Wildman–Crippen LogP) is 5.28. The Hall–Kier alpha value is -1.94. The van der Waals surface area contributed by atoms with Crippen molar-refractivity contribution in [2.75, 3.05) is 23.5 Å². The third-order valence-corrected chi connectivity index (χ3v) is 4.29. The van der Waals surface area contributed by atoms with Crippen LogP contribution in [0.25, 0.3) is 0 Å². The molecule has 2 aromatic rings. The van der Waals surface area contributed by atoms with Crippen LogP contribution >= 0.6 is 11.6 Å². The van der Waals surface area contributed by atoms with Crippen molar-refractivity contribution in [3.8, 4) is 11.6 Å². The zero-order valence-corrected chi connectivity index (χ0v) is 15.2. The topological polar surface area (TPSA) is 60.2 Å². The number of nitrogen functional groups attached to an aromatic ring is 1. The Labute approximate surface area is 149 Å². The van der Waals surface area contributed by atoms with Crippen molar-refractivity contribution in [2.45, 2.75) is 39.5 Å². The maximum atomic E-state index is 6.30. The molecule has 3 N–H and O–H groups in total. The van der Waals surface area contributed by atoms with Crippen molar-refractivity contribution in [3.05, 3.63) is 41.6 Å². The molecule has 0 radical (unpaired) electrons. The number of nitrogens with two attached hydrogens (primary N) is 1. The number of aryl methyl sites for hydroxylation is 1. The van der Waals surface area contributed by atoms with Crippen molar-refractivity contribution in [1.29, 1.82) is 0 Å². The maximum absolute atomic E-state index is 6.30. The summed E-state index contributed by atoms with van der Waals surface area (Å²) >= 11 is 5.70. The lowest BCUT2D eigenvalue weighted by molar-refractivity contribution is 0.463. The molecule has 0 unspecified atom stereocenters. The number of pyridine rings is 1. The van der Waals surface area contributed by atoms with Crippen molar-refractivity contribution < 1.29 is 4.74 Å². The van der Waals surface area contributed by atoms with Gasteiger partial charge in [0.05, 0.1) is 5.69 Å². The first-order chi connectivity index (χ1) is 11.6. The van der Waals surface area contributed by atoms with Gasteiger partial charge in [0.2, 0.25) is 5.88 Å². The molecule has 0 bridgehead atoms. The molecular weight excluding hydrogens is 322 g/mol. The number of alkyl halides is 1. The standard InChI is InChI=1S/C19H26ClN3O/c1-14-15(2)23-19(24-16-10-6-5-7-11-16)18(17(14)21)22-13-9-4-3-8-12-20/h5-7,10-11,22H,3-4,8-9,12-13H2,1-2H3,(H2,21,23). The maximum Gasteiger partial charge on any atom is 0.245 e. The molecule has 5 heteroatoms. The lowest BCUT2D eigenvalue weighted by atomic mass is 10.1. The smallest absolute Gasteiger partial charge is 0.245 e. The van der Waals surface area contributed by atoms with Gasteiger partial charge >= 0.3 is 0 Å². The summed E-state index contributed by atoms with van der Waals surface area (Å²) < 4.78 is 5.95. The minimum absolute atomic E-state index is 0.530. The van der Waals surface area contributed by atoms with E-state index in [-0.39, 0.29) is 0 Å². The van der Waals surface area contributed by atoms with Crippen LogP contribution in [0.3, 0.4) is 0 Å². The van der Waals surface area contributed by atoms with Gasteiger partial charge in [-0.25, -0.2) is 4.98 Å². The molecule has 0 amide bonds. The highest BCUT2D eigenvalue weighted by Crippen LogP contribution is 2.35. The predicted molar refractivity (Wildman–Crippen MR) is 102 cm³/mol. The fraction of sp³-hybridized carbons (Fsp3) is 0.421. The van der Waals surface area contributed by atoms with Gasteiger partial charge in [-0.1, -0.05) is 31.0 Å². The number of hydrogen-bond acceptors (Lipinski definition) is 4. The number of hydrogen-bond donors (Lipinski definition) is 2. The Morgan fingerprint density at radius 1 is 1.08 bits per heavy atom. The highest BCUT2D eigenvalue weighted by Gasteiger charge is 2.15. The van der Waals surface area contributed by atoms with Gasteiger partial charge in [0.1, 0.15) is 11.4 Å². The third-order valence-electron chi connectivity index (χ3n) is 4.02. The molecule has 0 saturated carbocycles. The number of nitrogens with one attached hydrogen (secondary N) is 1. The highest BCUT2D eigenvalue weighted by atomic mass is 35.5. The van der Waals surface area contributed by atoms with Crippen LogP contribution in [-0.4, -0.2) is 17.4 Å². The van der Waals surface area contributed by atoms with Crippen LogP contribution in [0.15, 0.2) is 30.3 Å². The average molecular weight is 348 g/mol. The minimum atomic E-state index is 0.530. The Morgan fingerprint density at radius 3 is 2.50 bits per heavy atom. The van der Waals surface area contributed by atoms with E-state index in [1.165, 1.54) is 0 Å². The molecule has 0 aliphatic rings. The SMILES string of the molecule is Cc1nc(Oc2ccccc2)c(NCCCCCCCl)c(N)c1C. The number of aromatic nitrogens is 1. The molecule has 24 heavy (non-hydrogen) atoms. The number of halogens is 1. The largest absolute Gasteiger partial charge is 0.437 e. The van der Waals surface area contributed by atoms with Gasteiger partial charge in [-0.15, -0.1) is 11.6 Å². The van der Waals surface area contributed by atoms with Gasteiger partial charge in [-0.05, 0) is 44.4 Å². The van der Waals surface area contributed by atoms with E-state index in [1.807, 2.05) is 44.2 Å². The Balaban J connectivity index is 2.10. The molecule has 1 heterocycles. The molecule has 0 saturated heterocycles. The third kappa shape index (κ3) is 5.03. The van der Waals surface area contributed by atoms with E-state index in [1.54, 1.807) is 0 Å². The molecule has 1 aromatic carbocycles. The van der Waals surface area contributed by atoms with Gasteiger partial charge in [-0.3, -0.25) is 0 Å². The van der Waals surface area contributed by atoms with Crippen LogP contribution in [-0.2, 0) is 0 Å². The van der Waals surface area contributed by atoms with E-state index in [4.69, 9.17) is 22.1 Å². The monoisotopic (exact) mass is 347 g/mol. The summed E-state index contributed by atoms with van der Waals surface area (Å²) in [6.07, 6.45) is 4.43. The Morgan fingerprint density at radius 2 is 1.79 bits per heavy atom. The van der Waals surface area contributed by atoms with E-state index in [9.17, 15) is 0 Å². The summed E-state index contributed by atoms with van der Waals surface area (Å²) in [6.45, 7) is 4.76. The van der Waals surface area contributed by atoms with Gasteiger partial charge in [0, 0.05) is 18.1 Å². The average Bonchev–Trinajstić information content (AvgIpc) is 2.59. The zero-order valence-electron chi connectivity index (χ0n) is 14.4. The van der Waals surface area contributed by atoms with Crippen LogP contribution in [0.5, 0.6) is 11.6 Å². The second kappa shape index (κ2) is 9.38. The quantitative estimate of drug-likeness (QED) is 0.478. The lowest BCUT2D eigenvalue weighted by Crippen LogP contribution is -2.09. The number of benzene rings is 1. The number of anilines is 2. The minimum Gasteiger partial charge on any atom is -0.437 e. The Kier molecular flexibility index (Phi) is 7.19. The lowest BCUT2D eigenvalue weighted by Gasteiger charge is -2.17. The summed E-state index contributed by atoms with van der Waals surface area (Å²) in [5, 5.41) is 3.40. The van der Waals surface area contributed by atoms with E-state index < -0.39 is 0 Å². The first-order valence-corrected chi connectivity index (χ1v) is 8.96. The van der Waals surface area contributed by atoms with Crippen molar-refractivity contribution >= 4 is 23.0 Å². The van der Waals surface area contributed by atoms with E-state index in [2.05, 4.69) is 10.3 Å². The van der Waals surface area contributed by atoms with Crippen LogP contribution in [0.4, 0.5) is 11.4 Å². The van der Waals surface area contributed by atoms with Gasteiger partial charge < -0.3 is 15.8 Å². The van der Waals surface area contributed by atoms with Gasteiger partial charge in [0.15, 0.2) is 0 Å². The van der Waals surface area contributed by atoms with Crippen molar-refractivity contribution in [1.82, 2.24) is 4.98 Å². The van der Waals surface area contributed by atoms with Crippen LogP contribution in [0.1, 0.15) is 36.9 Å². The second-order valence-corrected chi connectivity index (χ2v) is 6.24. The highest BCUT2D eigenvalue weighted by molar-refractivity contribution is 6.17. The summed E-state index contributed by atoms with van der Waals surface area (Å²) in [5.41, 5.74) is 9.65. The van der Waals surface area contributed by atoms with Gasteiger partial charge in [0.25, 0.3) is 0 Å². The molecular formula is C19H26ClN3O. The molecule has 0 aliphatic heterocycles. The van der Waals surface area contributed by atoms with Crippen LogP contribution in [0, 0.1) is 13.8 Å². The fourth-order valence-electron chi connectivity index (χ4n) is 2.42. The molecule has 130 valence electrons. The summed E-state index contributed by atoms with van der Waals surface area (Å²) in [4.78, 5) is 4.57. The Bertz CT molecular complexity index is 647. The van der Waals surface area contributed by atoms with Crippen molar-refractivity contribution in [2.24, 2.45) is 0 Å². The van der Waals surface area contributed by atoms with E-state index in [0.717, 1.165) is 60.8 Å². The van der Waals surface area contributed by atoms with E-state index in [0.29, 0.717) is 11.6 Å². The normalized spacial score (nSPS) is 10.6. The second-order valence-electron chi connectivity index (χ2n) is 5.86. The van der Waals surface area contributed by atoms with Crippen molar-refractivity contribution in [3.63, 3.8) is 0 Å². The number of rotatable bonds is 9. The first-order valence-electron chi connectivity index (χ1n) is 8.43. The fourth-order valence-corrected chi connectivity index (χ4v) is 2.61. The molecule has 4 nitrogen and oxygen atoms in total. The molecule has 0 atom stereocenters. The van der Waals surface area contributed by atoms with Crippen LogP contribution < -0.4 is 15.8 Å². The molecule has 0 aliphatic carbocycles. The number of para-hydroxylation sites is 1. The summed E-state index contributed by atoms with van der Waals surface area (Å²) in [6, 6.07) is 9.63.